The van der Waals surface area contributed by atoms with E-state index in [-0.39, 0.29) is 46.9 Å². The van der Waals surface area contributed by atoms with Gasteiger partial charge in [0.1, 0.15) is 5.70 Å². The summed E-state index contributed by atoms with van der Waals surface area (Å²) in [5.41, 5.74) is 5.95. The van der Waals surface area contributed by atoms with Crippen LogP contribution in [0, 0.1) is 5.92 Å². The Bertz CT molecular complexity index is 1840. The maximum absolute atomic E-state index is 13.7. The number of aliphatic hydroxyl groups excluding tert-OH is 1. The van der Waals surface area contributed by atoms with E-state index in [1.807, 2.05) is 6.92 Å². The second kappa shape index (κ2) is 13.3. The van der Waals surface area contributed by atoms with E-state index in [4.69, 9.17) is 23.2 Å². The van der Waals surface area contributed by atoms with Crippen molar-refractivity contribution in [3.63, 3.8) is 0 Å². The number of nitrogens with two attached hydrogens (primary N) is 2. The summed E-state index contributed by atoms with van der Waals surface area (Å²) >= 11 is 6.20. The summed E-state index contributed by atoms with van der Waals surface area (Å²) in [6.45, 7) is 1.83. The molecule has 0 fully saturated rings. The van der Waals surface area contributed by atoms with E-state index < -0.39 is 23.5 Å². The molecule has 1 aliphatic rings. The number of benzene rings is 1. The van der Waals surface area contributed by atoms with Gasteiger partial charge < -0.3 is 16.2 Å². The van der Waals surface area contributed by atoms with Gasteiger partial charge in [-0.15, -0.1) is 0 Å². The monoisotopic (exact) mass is 657 g/mol. The summed E-state index contributed by atoms with van der Waals surface area (Å²) in [5.74, 6) is 5.40. The molecule has 1 aromatic carbocycles. The van der Waals surface area contributed by atoms with E-state index >= 15 is 0 Å². The van der Waals surface area contributed by atoms with E-state index in [9.17, 15) is 27.9 Å². The highest BCUT2D eigenvalue weighted by atomic mass is 35.5. The molecule has 0 aliphatic carbocycles. The van der Waals surface area contributed by atoms with Crippen molar-refractivity contribution in [3.8, 4) is 22.5 Å². The average molecular weight is 658 g/mol. The molecule has 2 atom stereocenters. The molecular weight excluding hydrogens is 627 g/mol. The van der Waals surface area contributed by atoms with Gasteiger partial charge in [-0.05, 0) is 43.2 Å². The summed E-state index contributed by atoms with van der Waals surface area (Å²) in [6, 6.07) is 8.46. The molecule has 0 saturated carbocycles. The molecule has 5 rings (SSSR count). The van der Waals surface area contributed by atoms with Gasteiger partial charge in [-0.25, -0.2) is 10.8 Å². The fraction of sp³-hybridized carbons (Fsp3) is 0.300. The Labute approximate surface area is 266 Å². The maximum Gasteiger partial charge on any atom is 0.432 e. The number of carbonyl (C=O) groups excluding carboxylic acids is 1. The fourth-order valence-corrected chi connectivity index (χ4v) is 5.45. The lowest BCUT2D eigenvalue weighted by Gasteiger charge is -2.23. The van der Waals surface area contributed by atoms with Crippen molar-refractivity contribution < 1.29 is 23.1 Å². The molecule has 0 saturated heterocycles. The van der Waals surface area contributed by atoms with Crippen molar-refractivity contribution in [1.82, 2.24) is 24.3 Å². The van der Waals surface area contributed by atoms with Gasteiger partial charge in [-0.1, -0.05) is 24.9 Å². The van der Waals surface area contributed by atoms with Gasteiger partial charge in [0, 0.05) is 40.5 Å². The van der Waals surface area contributed by atoms with E-state index in [1.54, 1.807) is 23.0 Å². The highest BCUT2D eigenvalue weighted by Crippen LogP contribution is 2.34. The largest absolute Gasteiger partial charge is 0.432 e. The number of amides is 1. The molecule has 4 aromatic rings. The quantitative estimate of drug-likeness (QED) is 0.175. The molecule has 4 heterocycles. The second-order valence-electron chi connectivity index (χ2n) is 10.8. The Morgan fingerprint density at radius 2 is 1.98 bits per heavy atom. The van der Waals surface area contributed by atoms with Gasteiger partial charge in [-0.2, -0.15) is 18.3 Å². The van der Waals surface area contributed by atoms with Gasteiger partial charge in [-0.3, -0.25) is 28.8 Å². The average Bonchev–Trinajstić information content (AvgIpc) is 3.40. The lowest BCUT2D eigenvalue weighted by atomic mass is 9.97. The highest BCUT2D eigenvalue weighted by Gasteiger charge is 2.32. The summed E-state index contributed by atoms with van der Waals surface area (Å²) in [5, 5.41) is 17.8. The number of rotatable bonds is 6. The van der Waals surface area contributed by atoms with E-state index in [0.717, 1.165) is 0 Å². The van der Waals surface area contributed by atoms with Crippen LogP contribution >= 0.6 is 11.6 Å². The molecule has 3 aromatic heterocycles. The number of hydrogen-bond acceptors (Lipinski definition) is 9. The second-order valence-corrected chi connectivity index (χ2v) is 11.3. The number of allylic oxidation sites excluding steroid dienone is 1. The fourth-order valence-electron chi connectivity index (χ4n) is 5.28. The lowest BCUT2D eigenvalue weighted by molar-refractivity contribution is -0.119. The molecular formula is C30H31ClF3N9O3. The Balaban J connectivity index is 1.58. The highest BCUT2D eigenvalue weighted by molar-refractivity contribution is 6.31. The Morgan fingerprint density at radius 1 is 1.20 bits per heavy atom. The number of fused-ring (bicyclic) bond motifs is 4. The number of anilines is 2. The molecule has 242 valence electrons. The predicted octanol–water partition coefficient (Wildman–Crippen LogP) is 4.20. The van der Waals surface area contributed by atoms with E-state index in [2.05, 4.69) is 20.4 Å². The molecule has 2 bridgehead atoms. The van der Waals surface area contributed by atoms with Crippen molar-refractivity contribution in [2.24, 2.45) is 17.5 Å². The maximum atomic E-state index is 13.7. The topological polar surface area (TPSA) is 170 Å². The molecule has 0 spiro atoms. The number of nitrogens with zero attached hydrogens (tertiary/aromatic N) is 6. The van der Waals surface area contributed by atoms with Crippen LogP contribution < -0.4 is 27.5 Å². The van der Waals surface area contributed by atoms with Crippen molar-refractivity contribution in [2.75, 3.05) is 16.9 Å². The first-order valence-corrected chi connectivity index (χ1v) is 14.7. The molecule has 0 radical (unpaired) electrons. The van der Waals surface area contributed by atoms with Crippen molar-refractivity contribution >= 4 is 28.9 Å². The summed E-state index contributed by atoms with van der Waals surface area (Å²) in [6.07, 6.45) is 1.73. The lowest BCUT2D eigenvalue weighted by Crippen LogP contribution is -2.30. The van der Waals surface area contributed by atoms with Crippen LogP contribution in [0.2, 0.25) is 5.02 Å². The number of aromatic nitrogens is 5. The van der Waals surface area contributed by atoms with Gasteiger partial charge in [0.15, 0.2) is 0 Å². The Morgan fingerprint density at radius 3 is 2.70 bits per heavy atom. The van der Waals surface area contributed by atoms with Crippen LogP contribution in [0.25, 0.3) is 22.5 Å². The smallest absolute Gasteiger partial charge is 0.394 e. The third-order valence-corrected chi connectivity index (χ3v) is 7.89. The molecule has 12 nitrogen and oxygen atoms in total. The number of hydrogen-bond donors (Lipinski definition) is 4. The van der Waals surface area contributed by atoms with E-state index in [1.165, 1.54) is 41.4 Å². The van der Waals surface area contributed by atoms with Crippen LogP contribution in [0.15, 0.2) is 71.8 Å². The normalized spacial score (nSPS) is 17.5. The number of pyridine rings is 1. The number of alkyl halides is 3. The predicted molar refractivity (Wildman–Crippen MR) is 166 cm³/mol. The van der Waals surface area contributed by atoms with Gasteiger partial charge in [0.05, 0.1) is 60.2 Å². The number of carbonyl (C=O) groups is 1. The number of halogens is 4. The third-order valence-electron chi connectivity index (χ3n) is 7.66. The van der Waals surface area contributed by atoms with E-state index in [0.29, 0.717) is 53.1 Å². The first-order valence-electron chi connectivity index (χ1n) is 14.3. The van der Waals surface area contributed by atoms with Crippen LogP contribution in [0.1, 0.15) is 37.9 Å². The SMILES string of the molecule is C[C@@H]1CCC[C@H](n2cnc(-c3cc(Cl)ccc3N(N)/C=C(\N)C(F)(F)F)cc2=O)c2cc(ccn2)-c2c(cnn2CCO)NC1=O. The minimum atomic E-state index is -4.80. The minimum absolute atomic E-state index is 0.0733. The van der Waals surface area contributed by atoms with Crippen molar-refractivity contribution in [1.29, 1.82) is 0 Å². The van der Waals surface area contributed by atoms with Crippen LogP contribution in [0.5, 0.6) is 0 Å². The van der Waals surface area contributed by atoms with Crippen LogP contribution in [0.4, 0.5) is 24.5 Å². The standard InChI is InChI=1S/C30H31ClF3N9O3/c1-17-3-2-4-25(22-11-18(7-8-37-22)28-23(40-29(17)46)14-39-43(28)9-10-44)41-16-38-21(13-27(41)45)20-12-19(31)5-6-24(20)42(36)15-26(35)30(32,33)34/h5-8,11-17,25,44H,2-4,9-10,35-36H2,1H3,(H,40,46)/b26-15-/t17-,25+/m1/s1. The number of aliphatic hydroxyl groups is 1. The zero-order valence-corrected chi connectivity index (χ0v) is 25.3. The van der Waals surface area contributed by atoms with Crippen LogP contribution in [-0.4, -0.2) is 48.1 Å². The Hall–Kier alpha value is -4.73. The number of hydrazine groups is 1. The molecule has 16 heteroatoms. The van der Waals surface area contributed by atoms with Gasteiger partial charge >= 0.3 is 6.18 Å². The number of nitrogens with one attached hydrogen (secondary N) is 1. The van der Waals surface area contributed by atoms with Crippen LogP contribution in [-0.2, 0) is 11.3 Å². The summed E-state index contributed by atoms with van der Waals surface area (Å²) in [4.78, 5) is 35.8. The zero-order chi connectivity index (χ0) is 33.2. The van der Waals surface area contributed by atoms with Crippen molar-refractivity contribution in [2.45, 2.75) is 44.9 Å². The Kier molecular flexibility index (Phi) is 9.46. The molecule has 6 N–H and O–H groups in total. The zero-order valence-electron chi connectivity index (χ0n) is 24.6. The van der Waals surface area contributed by atoms with Gasteiger partial charge in [0.25, 0.3) is 5.56 Å². The third kappa shape index (κ3) is 6.90. The molecule has 1 amide bonds. The molecule has 1 aliphatic heterocycles. The van der Waals surface area contributed by atoms with Gasteiger partial charge in [0.2, 0.25) is 5.91 Å². The minimum Gasteiger partial charge on any atom is -0.394 e. The summed E-state index contributed by atoms with van der Waals surface area (Å²) in [7, 11) is 0. The molecule has 0 unspecified atom stereocenters. The molecule has 46 heavy (non-hydrogen) atoms. The first kappa shape index (κ1) is 32.7. The summed E-state index contributed by atoms with van der Waals surface area (Å²) < 4.78 is 42.2. The van der Waals surface area contributed by atoms with Crippen LogP contribution in [0.3, 0.4) is 0 Å². The van der Waals surface area contributed by atoms with Crippen molar-refractivity contribution in [3.05, 3.63) is 88.1 Å². The first-order chi connectivity index (χ1) is 21.9.